The van der Waals surface area contributed by atoms with Gasteiger partial charge < -0.3 is 15.1 Å². The Labute approximate surface area is 150 Å². The van der Waals surface area contributed by atoms with Crippen molar-refractivity contribution in [2.75, 3.05) is 38.0 Å². The first-order valence-corrected chi connectivity index (χ1v) is 9.08. The number of amides is 1. The molecule has 0 unspecified atom stereocenters. The van der Waals surface area contributed by atoms with Crippen molar-refractivity contribution in [1.82, 2.24) is 19.8 Å². The van der Waals surface area contributed by atoms with E-state index in [0.717, 1.165) is 70.8 Å². The van der Waals surface area contributed by atoms with E-state index in [-0.39, 0.29) is 17.8 Å². The fraction of sp³-hybridized carbons (Fsp3) is 0.706. The number of likely N-dealkylation sites (tertiary alicyclic amines) is 2. The fourth-order valence-electron chi connectivity index (χ4n) is 3.46. The van der Waals surface area contributed by atoms with Crippen LogP contribution in [0, 0.1) is 0 Å². The molecule has 2 aliphatic rings. The predicted octanol–water partition coefficient (Wildman–Crippen LogP) is 2.38. The molecule has 3 heterocycles. The lowest BCUT2D eigenvalue weighted by molar-refractivity contribution is -0.141. The summed E-state index contributed by atoms with van der Waals surface area (Å²) in [6.45, 7) is 4.18. The van der Waals surface area contributed by atoms with Gasteiger partial charge in [0.1, 0.15) is 17.8 Å². The molecule has 26 heavy (non-hydrogen) atoms. The molecule has 1 aromatic heterocycles. The summed E-state index contributed by atoms with van der Waals surface area (Å²) < 4.78 is 38.1. The minimum Gasteiger partial charge on any atom is -0.367 e. The van der Waals surface area contributed by atoms with Crippen molar-refractivity contribution in [1.29, 1.82) is 0 Å². The summed E-state index contributed by atoms with van der Waals surface area (Å²) >= 11 is 0. The van der Waals surface area contributed by atoms with E-state index in [1.807, 2.05) is 4.90 Å². The highest BCUT2D eigenvalue weighted by Crippen LogP contribution is 2.28. The van der Waals surface area contributed by atoms with Gasteiger partial charge in [0.15, 0.2) is 0 Å². The molecule has 6 nitrogen and oxygen atoms in total. The lowest BCUT2D eigenvalue weighted by atomic mass is 10.0. The van der Waals surface area contributed by atoms with Gasteiger partial charge in [-0.2, -0.15) is 13.2 Å². The maximum atomic E-state index is 12.7. The second-order valence-electron chi connectivity index (χ2n) is 6.88. The first kappa shape index (κ1) is 18.9. The molecule has 1 amide bonds. The minimum atomic E-state index is -4.46. The van der Waals surface area contributed by atoms with Crippen molar-refractivity contribution in [3.8, 4) is 0 Å². The largest absolute Gasteiger partial charge is 0.433 e. The molecule has 2 fully saturated rings. The number of rotatable bonds is 5. The number of piperidine rings is 2. The van der Waals surface area contributed by atoms with Crippen molar-refractivity contribution < 1.29 is 18.0 Å². The van der Waals surface area contributed by atoms with Crippen LogP contribution in [0.25, 0.3) is 0 Å². The highest BCUT2D eigenvalue weighted by molar-refractivity contribution is 5.76. The van der Waals surface area contributed by atoms with Crippen LogP contribution >= 0.6 is 0 Å². The number of nitrogens with zero attached hydrogens (tertiary/aromatic N) is 4. The van der Waals surface area contributed by atoms with Crippen LogP contribution in [0.15, 0.2) is 12.4 Å². The maximum Gasteiger partial charge on any atom is 0.433 e. The molecule has 2 aliphatic heterocycles. The number of anilines is 1. The van der Waals surface area contributed by atoms with E-state index < -0.39 is 11.9 Å². The molecule has 0 bridgehead atoms. The zero-order valence-electron chi connectivity index (χ0n) is 14.6. The molecular formula is C17H24F3N5O. The van der Waals surface area contributed by atoms with Gasteiger partial charge in [0.2, 0.25) is 5.91 Å². The van der Waals surface area contributed by atoms with Gasteiger partial charge >= 0.3 is 6.18 Å². The van der Waals surface area contributed by atoms with Crippen LogP contribution in [0.3, 0.4) is 0 Å². The van der Waals surface area contributed by atoms with Gasteiger partial charge in [-0.15, -0.1) is 0 Å². The van der Waals surface area contributed by atoms with Crippen LogP contribution in [-0.2, 0) is 11.0 Å². The minimum absolute atomic E-state index is 0.0962. The Hall–Kier alpha value is -1.90. The molecule has 3 rings (SSSR count). The molecule has 0 aliphatic carbocycles. The second-order valence-corrected chi connectivity index (χ2v) is 6.88. The van der Waals surface area contributed by atoms with Crippen molar-refractivity contribution in [3.63, 3.8) is 0 Å². The van der Waals surface area contributed by atoms with Gasteiger partial charge in [0, 0.05) is 51.3 Å². The van der Waals surface area contributed by atoms with E-state index in [2.05, 4.69) is 20.2 Å². The monoisotopic (exact) mass is 371 g/mol. The normalized spacial score (nSPS) is 20.4. The summed E-state index contributed by atoms with van der Waals surface area (Å²) in [5, 5.41) is 3.08. The van der Waals surface area contributed by atoms with E-state index in [1.165, 1.54) is 0 Å². The quantitative estimate of drug-likeness (QED) is 0.861. The van der Waals surface area contributed by atoms with E-state index in [0.29, 0.717) is 6.42 Å². The Morgan fingerprint density at radius 3 is 2.58 bits per heavy atom. The van der Waals surface area contributed by atoms with Crippen LogP contribution in [-0.4, -0.2) is 64.4 Å². The van der Waals surface area contributed by atoms with Gasteiger partial charge in [-0.25, -0.2) is 9.97 Å². The van der Waals surface area contributed by atoms with E-state index >= 15 is 0 Å². The van der Waals surface area contributed by atoms with Gasteiger partial charge in [0.05, 0.1) is 0 Å². The summed E-state index contributed by atoms with van der Waals surface area (Å²) in [6, 6.07) is 1.05. The Morgan fingerprint density at radius 1 is 1.12 bits per heavy atom. The fourth-order valence-corrected chi connectivity index (χ4v) is 3.46. The Balaban J connectivity index is 1.43. The molecule has 144 valence electrons. The van der Waals surface area contributed by atoms with Gasteiger partial charge in [-0.05, 0) is 25.7 Å². The van der Waals surface area contributed by atoms with Crippen LogP contribution in [0.1, 0.15) is 37.8 Å². The van der Waals surface area contributed by atoms with Gasteiger partial charge in [0.25, 0.3) is 0 Å². The number of halogens is 3. The van der Waals surface area contributed by atoms with Crippen LogP contribution in [0.5, 0.6) is 0 Å². The third-order valence-corrected chi connectivity index (χ3v) is 5.00. The van der Waals surface area contributed by atoms with E-state index in [1.54, 1.807) is 0 Å². The average Bonchev–Trinajstić information content (AvgIpc) is 2.62. The number of hydrogen-bond donors (Lipinski definition) is 1. The molecule has 1 aromatic rings. The van der Waals surface area contributed by atoms with Crippen LogP contribution in [0.4, 0.5) is 19.0 Å². The first-order valence-electron chi connectivity index (χ1n) is 9.08. The summed E-state index contributed by atoms with van der Waals surface area (Å²) in [5.74, 6) is 0.460. The van der Waals surface area contributed by atoms with Crippen molar-refractivity contribution in [2.24, 2.45) is 0 Å². The number of alkyl halides is 3. The molecule has 0 saturated carbocycles. The highest BCUT2D eigenvalue weighted by Gasteiger charge is 2.33. The molecule has 0 aromatic carbocycles. The number of carbonyl (C=O) groups excluding carboxylic acids is 1. The predicted molar refractivity (Wildman–Crippen MR) is 90.5 cm³/mol. The molecular weight excluding hydrogens is 347 g/mol. The summed E-state index contributed by atoms with van der Waals surface area (Å²) in [6.07, 6.45) is 0.871. The Bertz CT molecular complexity index is 617. The van der Waals surface area contributed by atoms with Crippen molar-refractivity contribution in [2.45, 2.75) is 44.3 Å². The number of carbonyl (C=O) groups is 1. The lowest BCUT2D eigenvalue weighted by Gasteiger charge is -2.35. The van der Waals surface area contributed by atoms with Gasteiger partial charge in [-0.3, -0.25) is 4.79 Å². The third kappa shape index (κ3) is 5.06. The lowest BCUT2D eigenvalue weighted by Crippen LogP contribution is -2.45. The van der Waals surface area contributed by atoms with Crippen molar-refractivity contribution in [3.05, 3.63) is 18.1 Å². The average molecular weight is 371 g/mol. The van der Waals surface area contributed by atoms with E-state index in [9.17, 15) is 18.0 Å². The summed E-state index contributed by atoms with van der Waals surface area (Å²) in [7, 11) is 0. The maximum absolute atomic E-state index is 12.7. The first-order chi connectivity index (χ1) is 12.4. The Kier molecular flexibility index (Phi) is 5.95. The van der Waals surface area contributed by atoms with Crippen LogP contribution < -0.4 is 5.32 Å². The number of hydrogen-bond acceptors (Lipinski definition) is 5. The van der Waals surface area contributed by atoms with Gasteiger partial charge in [-0.1, -0.05) is 0 Å². The molecule has 1 N–H and O–H groups in total. The van der Waals surface area contributed by atoms with E-state index in [4.69, 9.17) is 0 Å². The number of aromatic nitrogens is 2. The zero-order chi connectivity index (χ0) is 18.6. The highest BCUT2D eigenvalue weighted by atomic mass is 19.4. The number of nitrogens with one attached hydrogen (secondary N) is 1. The SMILES string of the molecule is O=C1CCCCN1CCN1CCC(Nc2cc(C(F)(F)F)ncn2)CC1. The molecule has 0 atom stereocenters. The Morgan fingerprint density at radius 2 is 1.88 bits per heavy atom. The summed E-state index contributed by atoms with van der Waals surface area (Å²) in [5.41, 5.74) is -0.932. The van der Waals surface area contributed by atoms with Crippen molar-refractivity contribution >= 4 is 11.7 Å². The zero-order valence-corrected chi connectivity index (χ0v) is 14.6. The smallest absolute Gasteiger partial charge is 0.367 e. The van der Waals surface area contributed by atoms with Crippen LogP contribution in [0.2, 0.25) is 0 Å². The molecule has 2 saturated heterocycles. The molecule has 0 spiro atoms. The third-order valence-electron chi connectivity index (χ3n) is 5.00. The molecule has 0 radical (unpaired) electrons. The topological polar surface area (TPSA) is 61.4 Å². The summed E-state index contributed by atoms with van der Waals surface area (Å²) in [4.78, 5) is 23.2. The second kappa shape index (κ2) is 8.20. The molecule has 9 heteroatoms. The standard InChI is InChI=1S/C17H24F3N5O/c18-17(19,20)14-11-15(22-12-21-14)23-13-4-7-24(8-5-13)9-10-25-6-2-1-3-16(25)26/h11-13H,1-10H2,(H,21,22,23).